The number of carbonyl (C=O) groups is 1. The van der Waals surface area contributed by atoms with E-state index in [0.29, 0.717) is 17.8 Å². The first-order valence-electron chi connectivity index (χ1n) is 10.1. The fourth-order valence-corrected chi connectivity index (χ4v) is 3.86. The van der Waals surface area contributed by atoms with Crippen LogP contribution in [0.3, 0.4) is 0 Å². The lowest BCUT2D eigenvalue weighted by Gasteiger charge is -2.28. The number of rotatable bonds is 3. The maximum atomic E-state index is 12.9. The molecule has 0 aromatic heterocycles. The molecular weight excluding hydrogens is 393 g/mol. The van der Waals surface area contributed by atoms with Crippen LogP contribution in [-0.2, 0) is 6.18 Å². The topological polar surface area (TPSA) is 47.9 Å². The molecule has 2 aliphatic heterocycles. The minimum absolute atomic E-state index is 0.213. The third-order valence-electron chi connectivity index (χ3n) is 5.47. The van der Waals surface area contributed by atoms with Crippen LogP contribution < -0.4 is 5.43 Å². The molecule has 8 heteroatoms. The Hall–Kier alpha value is -2.87. The maximum Gasteiger partial charge on any atom is 0.416 e. The molecule has 1 fully saturated rings. The molecule has 2 aromatic carbocycles. The van der Waals surface area contributed by atoms with Crippen LogP contribution >= 0.6 is 0 Å². The number of urea groups is 1. The Bertz CT molecular complexity index is 906. The molecule has 0 bridgehead atoms. The Morgan fingerprint density at radius 3 is 2.27 bits per heavy atom. The van der Waals surface area contributed by atoms with Gasteiger partial charge in [0, 0.05) is 19.0 Å². The second-order valence-corrected chi connectivity index (χ2v) is 7.57. The van der Waals surface area contributed by atoms with Crippen molar-refractivity contribution in [1.82, 2.24) is 15.4 Å². The number of alkyl halides is 3. The number of amides is 2. The lowest BCUT2D eigenvalue weighted by molar-refractivity contribution is -0.137. The van der Waals surface area contributed by atoms with E-state index in [9.17, 15) is 18.0 Å². The van der Waals surface area contributed by atoms with E-state index in [1.165, 1.54) is 17.1 Å². The molecule has 0 saturated carbocycles. The number of hydrazine groups is 1. The number of halogens is 3. The highest BCUT2D eigenvalue weighted by Gasteiger charge is 2.34. The minimum Gasteiger partial charge on any atom is -0.269 e. The third kappa shape index (κ3) is 4.48. The highest BCUT2D eigenvalue weighted by Crippen LogP contribution is 2.32. The molecule has 0 radical (unpaired) electrons. The second kappa shape index (κ2) is 8.47. The van der Waals surface area contributed by atoms with Crippen molar-refractivity contribution in [2.45, 2.75) is 31.4 Å². The van der Waals surface area contributed by atoms with Crippen LogP contribution in [-0.4, -0.2) is 41.4 Å². The van der Waals surface area contributed by atoms with Crippen molar-refractivity contribution in [3.8, 4) is 0 Å². The monoisotopic (exact) mass is 416 g/mol. The quantitative estimate of drug-likeness (QED) is 0.794. The number of benzene rings is 2. The summed E-state index contributed by atoms with van der Waals surface area (Å²) in [6.07, 6.45) is -1.17. The summed E-state index contributed by atoms with van der Waals surface area (Å²) in [6.45, 7) is 1.94. The molecule has 2 heterocycles. The fraction of sp³-hybridized carbons (Fsp3) is 0.364. The van der Waals surface area contributed by atoms with Gasteiger partial charge in [-0.3, -0.25) is 5.43 Å². The van der Waals surface area contributed by atoms with E-state index in [0.717, 1.165) is 50.0 Å². The number of hydrazone groups is 1. The molecule has 158 valence electrons. The van der Waals surface area contributed by atoms with Crippen LogP contribution in [0.4, 0.5) is 18.0 Å². The summed E-state index contributed by atoms with van der Waals surface area (Å²) in [4.78, 5) is 12.8. The van der Waals surface area contributed by atoms with Gasteiger partial charge in [0.15, 0.2) is 0 Å². The van der Waals surface area contributed by atoms with Gasteiger partial charge in [0.25, 0.3) is 0 Å². The Balaban J connectivity index is 1.59. The van der Waals surface area contributed by atoms with Gasteiger partial charge in [-0.1, -0.05) is 48.9 Å². The van der Waals surface area contributed by atoms with Gasteiger partial charge in [-0.15, -0.1) is 0 Å². The van der Waals surface area contributed by atoms with Gasteiger partial charge in [0.1, 0.15) is 0 Å². The molecule has 30 heavy (non-hydrogen) atoms. The third-order valence-corrected chi connectivity index (χ3v) is 5.47. The zero-order chi connectivity index (χ0) is 21.1. The van der Waals surface area contributed by atoms with Crippen molar-refractivity contribution >= 4 is 11.7 Å². The van der Waals surface area contributed by atoms with Crippen LogP contribution in [0.2, 0.25) is 0 Å². The van der Waals surface area contributed by atoms with Gasteiger partial charge < -0.3 is 0 Å². The number of nitrogens with zero attached hydrogens (tertiary/aromatic N) is 3. The Labute approximate surface area is 173 Å². The summed E-state index contributed by atoms with van der Waals surface area (Å²) in [5, 5.41) is 7.78. The molecule has 4 rings (SSSR count). The van der Waals surface area contributed by atoms with Crippen molar-refractivity contribution in [2.75, 3.05) is 19.6 Å². The summed E-state index contributed by atoms with van der Waals surface area (Å²) in [7, 11) is 0. The normalized spacial score (nSPS) is 20.2. The Morgan fingerprint density at radius 1 is 0.967 bits per heavy atom. The van der Waals surface area contributed by atoms with Crippen molar-refractivity contribution in [2.24, 2.45) is 5.10 Å². The van der Waals surface area contributed by atoms with Crippen LogP contribution in [0, 0.1) is 0 Å². The van der Waals surface area contributed by atoms with E-state index in [2.05, 4.69) is 10.5 Å². The van der Waals surface area contributed by atoms with Crippen LogP contribution in [0.25, 0.3) is 0 Å². The Kier molecular flexibility index (Phi) is 5.76. The molecule has 0 spiro atoms. The van der Waals surface area contributed by atoms with Gasteiger partial charge in [0.05, 0.1) is 17.8 Å². The average molecular weight is 416 g/mol. The summed E-state index contributed by atoms with van der Waals surface area (Å²) in [6, 6.07) is 14.2. The number of nitrogens with one attached hydrogen (secondary N) is 1. The Morgan fingerprint density at radius 2 is 1.63 bits per heavy atom. The SMILES string of the molecule is O=C(NN1CCCCC1)N1CC(c2ccccc2)C(c2ccc(C(F)(F)F)cc2)=N1. The molecule has 1 unspecified atom stereocenters. The van der Waals surface area contributed by atoms with Crippen LogP contribution in [0.5, 0.6) is 0 Å². The van der Waals surface area contributed by atoms with Crippen LogP contribution in [0.1, 0.15) is 41.9 Å². The second-order valence-electron chi connectivity index (χ2n) is 7.57. The van der Waals surface area contributed by atoms with E-state index < -0.39 is 11.7 Å². The molecule has 1 N–H and O–H groups in total. The summed E-state index contributed by atoms with van der Waals surface area (Å²) >= 11 is 0. The number of piperidine rings is 1. The standard InChI is InChI=1S/C22H23F3N4O/c23-22(24,25)18-11-9-17(10-12-18)20-19(16-7-3-1-4-8-16)15-29(26-20)21(30)27-28-13-5-2-6-14-28/h1,3-4,7-12,19H,2,5-6,13-15H2,(H,27,30). The zero-order valence-electron chi connectivity index (χ0n) is 16.4. The lowest BCUT2D eigenvalue weighted by atomic mass is 9.90. The minimum atomic E-state index is -4.39. The maximum absolute atomic E-state index is 12.9. The number of hydrogen-bond donors (Lipinski definition) is 1. The summed E-state index contributed by atoms with van der Waals surface area (Å²) in [5.74, 6) is -0.213. The van der Waals surface area contributed by atoms with E-state index in [1.54, 1.807) is 0 Å². The fourth-order valence-electron chi connectivity index (χ4n) is 3.86. The molecular formula is C22H23F3N4O. The van der Waals surface area contributed by atoms with Crippen molar-refractivity contribution in [1.29, 1.82) is 0 Å². The van der Waals surface area contributed by atoms with Gasteiger partial charge in [0.2, 0.25) is 0 Å². The first kappa shape index (κ1) is 20.4. The average Bonchev–Trinajstić information content (AvgIpc) is 3.20. The summed E-state index contributed by atoms with van der Waals surface area (Å²) < 4.78 is 38.8. The van der Waals surface area contributed by atoms with Crippen molar-refractivity contribution in [3.05, 3.63) is 71.3 Å². The number of carbonyl (C=O) groups excluding carboxylic acids is 1. The summed E-state index contributed by atoms with van der Waals surface area (Å²) in [5.41, 5.74) is 4.31. The largest absolute Gasteiger partial charge is 0.416 e. The highest BCUT2D eigenvalue weighted by molar-refractivity contribution is 6.07. The molecule has 1 saturated heterocycles. The molecule has 1 atom stereocenters. The van der Waals surface area contributed by atoms with Gasteiger partial charge in [-0.05, 0) is 36.1 Å². The van der Waals surface area contributed by atoms with E-state index in [4.69, 9.17) is 0 Å². The van der Waals surface area contributed by atoms with Gasteiger partial charge in [-0.25, -0.2) is 14.8 Å². The molecule has 5 nitrogen and oxygen atoms in total. The predicted octanol–water partition coefficient (Wildman–Crippen LogP) is 4.62. The van der Waals surface area contributed by atoms with Gasteiger partial charge in [-0.2, -0.15) is 18.3 Å². The highest BCUT2D eigenvalue weighted by atomic mass is 19.4. The predicted molar refractivity (Wildman–Crippen MR) is 108 cm³/mol. The lowest BCUT2D eigenvalue weighted by Crippen LogP contribution is -2.49. The molecule has 2 aromatic rings. The smallest absolute Gasteiger partial charge is 0.269 e. The first-order chi connectivity index (χ1) is 14.4. The van der Waals surface area contributed by atoms with Gasteiger partial charge >= 0.3 is 12.2 Å². The molecule has 2 aliphatic rings. The van der Waals surface area contributed by atoms with Crippen molar-refractivity contribution < 1.29 is 18.0 Å². The van der Waals surface area contributed by atoms with E-state index in [1.807, 2.05) is 35.3 Å². The first-order valence-corrected chi connectivity index (χ1v) is 10.1. The van der Waals surface area contributed by atoms with Crippen LogP contribution in [0.15, 0.2) is 59.7 Å². The zero-order valence-corrected chi connectivity index (χ0v) is 16.4. The molecule has 0 aliphatic carbocycles. The van der Waals surface area contributed by atoms with E-state index >= 15 is 0 Å². The van der Waals surface area contributed by atoms with Crippen molar-refractivity contribution in [3.63, 3.8) is 0 Å². The molecule has 2 amide bonds. The van der Waals surface area contributed by atoms with E-state index in [-0.39, 0.29) is 11.9 Å². The number of hydrogen-bond acceptors (Lipinski definition) is 3.